The monoisotopic (exact) mass is 592 g/mol. The Balaban J connectivity index is 1.54. The molecule has 0 saturated carbocycles. The maximum absolute atomic E-state index is 13.7. The quantitative estimate of drug-likeness (QED) is 0.383. The lowest BCUT2D eigenvalue weighted by Crippen LogP contribution is -2.55. The Kier molecular flexibility index (Phi) is 7.27. The third-order valence-electron chi connectivity index (χ3n) is 7.03. The average molecular weight is 593 g/mol. The summed E-state index contributed by atoms with van der Waals surface area (Å²) < 4.78 is 70.4. The summed E-state index contributed by atoms with van der Waals surface area (Å²) in [5.74, 6) is -2.22. The van der Waals surface area contributed by atoms with Crippen LogP contribution in [0.5, 0.6) is 5.75 Å². The molecule has 3 aromatic rings. The number of hydrogen-bond donors (Lipinski definition) is 3. The Morgan fingerprint density at radius 3 is 2.71 bits per heavy atom. The molecule has 1 spiro atoms. The van der Waals surface area contributed by atoms with Crippen molar-refractivity contribution in [3.05, 3.63) is 58.9 Å². The van der Waals surface area contributed by atoms with Crippen LogP contribution in [0.25, 0.3) is 11.4 Å². The number of nitrogens with zero attached hydrogens (tertiary/aromatic N) is 3. The van der Waals surface area contributed by atoms with Gasteiger partial charge in [-0.1, -0.05) is 12.1 Å². The molecule has 1 aromatic carbocycles. The van der Waals surface area contributed by atoms with Gasteiger partial charge in [-0.25, -0.2) is 13.1 Å². The van der Waals surface area contributed by atoms with E-state index in [4.69, 9.17) is 4.74 Å². The van der Waals surface area contributed by atoms with Gasteiger partial charge in [0.25, 0.3) is 5.91 Å². The topological polar surface area (TPSA) is 144 Å². The fourth-order valence-corrected chi connectivity index (χ4v) is 5.77. The van der Waals surface area contributed by atoms with Crippen molar-refractivity contribution in [2.45, 2.75) is 44.4 Å². The Morgan fingerprint density at radius 2 is 2.02 bits per heavy atom. The van der Waals surface area contributed by atoms with Gasteiger partial charge in [-0.15, -0.1) is 0 Å². The number of aryl methyl sites for hydroxylation is 2. The first kappa shape index (κ1) is 28.5. The molecule has 5 rings (SSSR count). The van der Waals surface area contributed by atoms with Crippen LogP contribution in [0.15, 0.2) is 36.5 Å². The minimum absolute atomic E-state index is 0.0249. The number of benzene rings is 1. The molecule has 0 unspecified atom stereocenters. The molecule has 2 amide bonds. The zero-order valence-electron chi connectivity index (χ0n) is 22.1. The summed E-state index contributed by atoms with van der Waals surface area (Å²) in [5, 5.41) is 10.2. The normalized spacial score (nSPS) is 18.4. The number of rotatable bonds is 7. The lowest BCUT2D eigenvalue weighted by atomic mass is 9.75. The highest BCUT2D eigenvalue weighted by Crippen LogP contribution is 2.42. The zero-order chi connectivity index (χ0) is 29.6. The van der Waals surface area contributed by atoms with E-state index in [1.54, 1.807) is 30.5 Å². The number of ether oxygens (including phenoxy) is 1. The second-order valence-corrected chi connectivity index (χ2v) is 12.0. The minimum Gasteiger partial charge on any atom is -0.484 e. The smallest absolute Gasteiger partial charge is 0.422 e. The van der Waals surface area contributed by atoms with Crippen LogP contribution < -0.4 is 20.1 Å². The first-order valence-corrected chi connectivity index (χ1v) is 14.3. The molecule has 0 fully saturated rings. The van der Waals surface area contributed by atoms with Gasteiger partial charge in [0.2, 0.25) is 15.9 Å². The molecule has 0 radical (unpaired) electrons. The molecule has 0 saturated heterocycles. The second-order valence-electron chi connectivity index (χ2n) is 10.1. The Morgan fingerprint density at radius 1 is 1.24 bits per heavy atom. The van der Waals surface area contributed by atoms with E-state index in [1.807, 2.05) is 6.92 Å². The molecule has 3 heterocycles. The van der Waals surface area contributed by atoms with Crippen LogP contribution in [0.3, 0.4) is 0 Å². The number of sulfonamides is 1. The summed E-state index contributed by atoms with van der Waals surface area (Å²) in [4.78, 5) is 30.8. The largest absolute Gasteiger partial charge is 0.484 e. The molecule has 15 heteroatoms. The van der Waals surface area contributed by atoms with Crippen LogP contribution >= 0.6 is 0 Å². The summed E-state index contributed by atoms with van der Waals surface area (Å²) in [6, 6.07) is 8.12. The van der Waals surface area contributed by atoms with Gasteiger partial charge in [0, 0.05) is 6.20 Å². The van der Waals surface area contributed by atoms with Crippen LogP contribution in [-0.2, 0) is 33.3 Å². The predicted molar refractivity (Wildman–Crippen MR) is 142 cm³/mol. The number of hydrogen-bond acceptors (Lipinski definition) is 7. The molecule has 2 aromatic heterocycles. The third kappa shape index (κ3) is 5.91. The van der Waals surface area contributed by atoms with Crippen LogP contribution in [-0.4, -0.2) is 60.6 Å². The second kappa shape index (κ2) is 10.4. The van der Waals surface area contributed by atoms with Crippen LogP contribution in [0, 0.1) is 6.92 Å². The van der Waals surface area contributed by atoms with Crippen molar-refractivity contribution in [1.29, 1.82) is 0 Å². The lowest BCUT2D eigenvalue weighted by molar-refractivity contribution is -0.153. The summed E-state index contributed by atoms with van der Waals surface area (Å²) >= 11 is 0. The van der Waals surface area contributed by atoms with E-state index in [1.165, 1.54) is 17.8 Å². The third-order valence-corrected chi connectivity index (χ3v) is 8.30. The van der Waals surface area contributed by atoms with Crippen LogP contribution in [0.1, 0.15) is 40.0 Å². The number of nitrogens with one attached hydrogen (secondary N) is 3. The molecule has 1 atom stereocenters. The van der Waals surface area contributed by atoms with Crippen molar-refractivity contribution in [3.8, 4) is 17.1 Å². The maximum Gasteiger partial charge on any atom is 0.422 e. The number of carbonyl (C=O) groups is 2. The average Bonchev–Trinajstić information content (AvgIpc) is 3.25. The van der Waals surface area contributed by atoms with E-state index in [2.05, 4.69) is 25.4 Å². The number of fused-ring (bicyclic) bond motifs is 3. The molecular formula is C26H27F3N6O5S. The molecule has 1 aliphatic heterocycles. The molecular weight excluding hydrogens is 565 g/mol. The van der Waals surface area contributed by atoms with Crippen molar-refractivity contribution in [2.75, 3.05) is 24.7 Å². The van der Waals surface area contributed by atoms with Crippen molar-refractivity contribution in [2.24, 2.45) is 0 Å². The molecule has 41 heavy (non-hydrogen) atoms. The number of aromatic nitrogens is 3. The van der Waals surface area contributed by atoms with Gasteiger partial charge < -0.3 is 15.4 Å². The summed E-state index contributed by atoms with van der Waals surface area (Å²) in [6.07, 6.45) is -1.11. The minimum atomic E-state index is -4.47. The molecule has 11 nitrogen and oxygen atoms in total. The number of carbonyl (C=O) groups excluding carboxylic acids is 2. The number of amides is 2. The van der Waals surface area contributed by atoms with Gasteiger partial charge in [0.1, 0.15) is 22.9 Å². The zero-order valence-corrected chi connectivity index (χ0v) is 22.9. The number of anilines is 1. The highest BCUT2D eigenvalue weighted by atomic mass is 32.2. The Labute approximate surface area is 233 Å². The van der Waals surface area contributed by atoms with E-state index in [-0.39, 0.29) is 29.4 Å². The first-order chi connectivity index (χ1) is 19.3. The van der Waals surface area contributed by atoms with Crippen molar-refractivity contribution in [3.63, 3.8) is 0 Å². The van der Waals surface area contributed by atoms with Crippen molar-refractivity contribution >= 4 is 27.5 Å². The fourth-order valence-electron chi connectivity index (χ4n) is 5.21. The predicted octanol–water partition coefficient (Wildman–Crippen LogP) is 2.66. The van der Waals surface area contributed by atoms with Crippen LogP contribution in [0.4, 0.5) is 18.9 Å². The lowest BCUT2D eigenvalue weighted by Gasteiger charge is -2.42. The standard InChI is InChI=1S/C26H27F3N6O5S/c1-15-5-8-19(31-11-15)21-22(32-20(36)12-41(38,39)30-2)23-24(37)33-25(13-35(23)34-21)9-3-4-16-10-17(6-7-18(16)25)40-14-26(27,28)29/h5-8,10-11,30H,3-4,9,12-14H2,1-2H3,(H,32,36)(H,33,37)/t25-/m0/s1. The van der Waals surface area contributed by atoms with E-state index >= 15 is 0 Å². The van der Waals surface area contributed by atoms with E-state index in [0.29, 0.717) is 25.0 Å². The SMILES string of the molecule is CNS(=O)(=O)CC(=O)Nc1c(-c2ccc(C)cn2)nn2c1C(=O)N[C@@]1(CCCc3cc(OCC(F)(F)F)ccc31)C2. The van der Waals surface area contributed by atoms with Gasteiger partial charge in [-0.3, -0.25) is 19.3 Å². The van der Waals surface area contributed by atoms with Gasteiger partial charge in [0.15, 0.2) is 12.3 Å². The van der Waals surface area contributed by atoms with Crippen molar-refractivity contribution in [1.82, 2.24) is 24.8 Å². The summed E-state index contributed by atoms with van der Waals surface area (Å²) in [6.45, 7) is 0.592. The van der Waals surface area contributed by atoms with Gasteiger partial charge in [-0.05, 0) is 68.1 Å². The summed E-state index contributed by atoms with van der Waals surface area (Å²) in [5.41, 5.74) is 2.04. The summed E-state index contributed by atoms with van der Waals surface area (Å²) in [7, 11) is -2.70. The van der Waals surface area contributed by atoms with E-state index in [0.717, 1.165) is 16.7 Å². The number of alkyl halides is 3. The Bertz CT molecular complexity index is 1620. The van der Waals surface area contributed by atoms with Gasteiger partial charge >= 0.3 is 6.18 Å². The highest BCUT2D eigenvalue weighted by Gasteiger charge is 2.45. The van der Waals surface area contributed by atoms with Gasteiger partial charge in [0.05, 0.1) is 17.8 Å². The Hall–Kier alpha value is -3.98. The first-order valence-electron chi connectivity index (χ1n) is 12.7. The molecule has 0 bridgehead atoms. The van der Waals surface area contributed by atoms with E-state index in [9.17, 15) is 31.2 Å². The van der Waals surface area contributed by atoms with Crippen LogP contribution in [0.2, 0.25) is 0 Å². The maximum atomic E-state index is 13.7. The van der Waals surface area contributed by atoms with E-state index < -0.39 is 45.9 Å². The molecule has 2 aliphatic rings. The molecule has 1 aliphatic carbocycles. The van der Waals surface area contributed by atoms with Crippen molar-refractivity contribution < 1.29 is 35.9 Å². The number of pyridine rings is 1. The molecule has 3 N–H and O–H groups in total. The van der Waals surface area contributed by atoms with Gasteiger partial charge in [-0.2, -0.15) is 18.3 Å². The highest BCUT2D eigenvalue weighted by molar-refractivity contribution is 7.90. The molecule has 218 valence electrons. The fraction of sp³-hybridized carbons (Fsp3) is 0.385. The number of halogens is 3.